The number of aryl methyl sites for hydroxylation is 1. The smallest absolute Gasteiger partial charge is 0.273 e. The molecule has 2 rings (SSSR count). The van der Waals surface area contributed by atoms with Gasteiger partial charge in [0.25, 0.3) is 5.91 Å². The molecule has 0 aromatic carbocycles. The van der Waals surface area contributed by atoms with Crippen molar-refractivity contribution in [2.45, 2.75) is 46.2 Å². The highest BCUT2D eigenvalue weighted by Crippen LogP contribution is 2.19. The van der Waals surface area contributed by atoms with Gasteiger partial charge in [-0.15, -0.1) is 0 Å². The Balaban J connectivity index is 2.21. The molecule has 1 atom stereocenters. The predicted molar refractivity (Wildman–Crippen MR) is 95.7 cm³/mol. The molecular formula is C16H23ClN6O2. The first-order chi connectivity index (χ1) is 12.0. The van der Waals surface area contributed by atoms with Crippen LogP contribution in [0.3, 0.4) is 0 Å². The van der Waals surface area contributed by atoms with Crippen molar-refractivity contribution in [2.24, 2.45) is 0 Å². The largest absolute Gasteiger partial charge is 0.351 e. The Morgan fingerprint density at radius 3 is 2.60 bits per heavy atom. The molecule has 136 valence electrons. The van der Waals surface area contributed by atoms with Crippen molar-refractivity contribution in [2.75, 3.05) is 11.9 Å². The van der Waals surface area contributed by atoms with Gasteiger partial charge in [0, 0.05) is 25.5 Å². The van der Waals surface area contributed by atoms with Crippen LogP contribution in [0.5, 0.6) is 0 Å². The molecule has 0 fully saturated rings. The third-order valence-electron chi connectivity index (χ3n) is 3.67. The van der Waals surface area contributed by atoms with Crippen LogP contribution in [-0.4, -0.2) is 37.9 Å². The van der Waals surface area contributed by atoms with E-state index in [1.807, 2.05) is 20.8 Å². The van der Waals surface area contributed by atoms with Crippen LogP contribution < -0.4 is 10.6 Å². The third kappa shape index (κ3) is 4.60. The molecule has 2 heterocycles. The number of carbonyl (C=O) groups is 2. The van der Waals surface area contributed by atoms with Crippen molar-refractivity contribution in [3.05, 3.63) is 29.3 Å². The number of hydrogen-bond acceptors (Lipinski definition) is 4. The van der Waals surface area contributed by atoms with E-state index < -0.39 is 6.04 Å². The van der Waals surface area contributed by atoms with Crippen LogP contribution in [-0.2, 0) is 11.3 Å². The Kier molecular flexibility index (Phi) is 6.58. The Labute approximate surface area is 151 Å². The van der Waals surface area contributed by atoms with Crippen LogP contribution in [0, 0.1) is 0 Å². The Morgan fingerprint density at radius 2 is 2.04 bits per heavy atom. The molecule has 0 aliphatic rings. The molecule has 2 aromatic heterocycles. The van der Waals surface area contributed by atoms with E-state index in [4.69, 9.17) is 11.6 Å². The van der Waals surface area contributed by atoms with Crippen LogP contribution in [0.1, 0.15) is 50.1 Å². The zero-order chi connectivity index (χ0) is 18.4. The summed E-state index contributed by atoms with van der Waals surface area (Å²) in [5.74, 6) is -0.581. The molecule has 2 amide bonds. The molecule has 2 N–H and O–H groups in total. The highest BCUT2D eigenvalue weighted by atomic mass is 35.5. The molecule has 0 aliphatic carbocycles. The van der Waals surface area contributed by atoms with Crippen molar-refractivity contribution in [1.29, 1.82) is 0 Å². The lowest BCUT2D eigenvalue weighted by Gasteiger charge is -2.15. The molecule has 0 radical (unpaired) electrons. The van der Waals surface area contributed by atoms with Gasteiger partial charge in [0.2, 0.25) is 5.91 Å². The maximum atomic E-state index is 12.7. The van der Waals surface area contributed by atoms with Gasteiger partial charge >= 0.3 is 0 Å². The van der Waals surface area contributed by atoms with Crippen LogP contribution in [0.15, 0.2) is 18.6 Å². The van der Waals surface area contributed by atoms with Crippen LogP contribution in [0.25, 0.3) is 0 Å². The summed E-state index contributed by atoms with van der Waals surface area (Å²) in [7, 11) is 0. The second kappa shape index (κ2) is 8.66. The number of carbonyl (C=O) groups excluding carboxylic acids is 2. The van der Waals surface area contributed by atoms with Crippen LogP contribution >= 0.6 is 11.6 Å². The highest BCUT2D eigenvalue weighted by molar-refractivity contribution is 6.30. The average Bonchev–Trinajstić information content (AvgIpc) is 3.19. The van der Waals surface area contributed by atoms with E-state index in [1.165, 1.54) is 10.9 Å². The lowest BCUT2D eigenvalue weighted by atomic mass is 10.2. The summed E-state index contributed by atoms with van der Waals surface area (Å²) in [4.78, 5) is 24.9. The highest BCUT2D eigenvalue weighted by Gasteiger charge is 2.23. The molecule has 25 heavy (non-hydrogen) atoms. The number of nitrogens with one attached hydrogen (secondary N) is 2. The van der Waals surface area contributed by atoms with E-state index in [2.05, 4.69) is 20.8 Å². The minimum absolute atomic E-state index is 0.206. The van der Waals surface area contributed by atoms with E-state index in [0.29, 0.717) is 30.2 Å². The molecule has 2 aromatic rings. The minimum atomic E-state index is -0.524. The number of aromatic nitrogens is 4. The first-order valence-electron chi connectivity index (χ1n) is 8.36. The minimum Gasteiger partial charge on any atom is -0.351 e. The zero-order valence-corrected chi connectivity index (χ0v) is 15.4. The number of hydrogen-bond donors (Lipinski definition) is 2. The van der Waals surface area contributed by atoms with E-state index in [0.717, 1.165) is 6.42 Å². The van der Waals surface area contributed by atoms with Crippen molar-refractivity contribution in [3.8, 4) is 0 Å². The molecule has 0 saturated heterocycles. The standard InChI is InChI=1S/C16H23ClN6O2/c1-4-7-18-16(25)14-12(10-22(6-3)21-14)20-15(24)13(5-2)23-9-11(17)8-19-23/h8-10,13H,4-7H2,1-3H3,(H,18,25)(H,20,24). The fourth-order valence-electron chi connectivity index (χ4n) is 2.36. The van der Waals surface area contributed by atoms with Crippen molar-refractivity contribution in [3.63, 3.8) is 0 Å². The predicted octanol–water partition coefficient (Wildman–Crippen LogP) is 2.48. The van der Waals surface area contributed by atoms with Crippen molar-refractivity contribution < 1.29 is 9.59 Å². The molecule has 9 heteroatoms. The molecule has 0 aliphatic heterocycles. The summed E-state index contributed by atoms with van der Waals surface area (Å²) >= 11 is 5.88. The average molecular weight is 367 g/mol. The number of halogens is 1. The number of anilines is 1. The van der Waals surface area contributed by atoms with Gasteiger partial charge in [-0.25, -0.2) is 0 Å². The summed E-state index contributed by atoms with van der Waals surface area (Å²) < 4.78 is 3.13. The molecule has 0 saturated carbocycles. The van der Waals surface area contributed by atoms with Gasteiger partial charge in [-0.3, -0.25) is 19.0 Å². The Hall–Kier alpha value is -2.35. The monoisotopic (exact) mass is 366 g/mol. The summed E-state index contributed by atoms with van der Waals surface area (Å²) in [6, 6.07) is -0.524. The fraction of sp³-hybridized carbons (Fsp3) is 0.500. The van der Waals surface area contributed by atoms with Gasteiger partial charge < -0.3 is 10.6 Å². The summed E-state index contributed by atoms with van der Waals surface area (Å²) in [6.45, 7) is 6.90. The van der Waals surface area contributed by atoms with E-state index in [9.17, 15) is 9.59 Å². The number of amides is 2. The van der Waals surface area contributed by atoms with E-state index >= 15 is 0 Å². The first kappa shape index (κ1) is 19.0. The van der Waals surface area contributed by atoms with Gasteiger partial charge in [0.05, 0.1) is 16.9 Å². The second-order valence-corrected chi connectivity index (χ2v) is 5.99. The van der Waals surface area contributed by atoms with E-state index in [-0.39, 0.29) is 17.5 Å². The molecule has 8 nitrogen and oxygen atoms in total. The first-order valence-corrected chi connectivity index (χ1v) is 8.74. The topological polar surface area (TPSA) is 93.8 Å². The fourth-order valence-corrected chi connectivity index (χ4v) is 2.50. The van der Waals surface area contributed by atoms with Crippen molar-refractivity contribution >= 4 is 29.1 Å². The Bertz CT molecular complexity index is 739. The maximum absolute atomic E-state index is 12.7. The zero-order valence-electron chi connectivity index (χ0n) is 14.6. The lowest BCUT2D eigenvalue weighted by molar-refractivity contribution is -0.119. The molecule has 0 bridgehead atoms. The van der Waals surface area contributed by atoms with Crippen LogP contribution in [0.2, 0.25) is 5.02 Å². The maximum Gasteiger partial charge on any atom is 0.273 e. The summed E-state index contributed by atoms with van der Waals surface area (Å²) in [5, 5.41) is 14.4. The molecule has 1 unspecified atom stereocenters. The van der Waals surface area contributed by atoms with Gasteiger partial charge in [-0.05, 0) is 19.8 Å². The summed E-state index contributed by atoms with van der Waals surface area (Å²) in [6.07, 6.45) is 6.08. The lowest BCUT2D eigenvalue weighted by Crippen LogP contribution is -2.29. The number of nitrogens with zero attached hydrogens (tertiary/aromatic N) is 4. The van der Waals surface area contributed by atoms with Gasteiger partial charge in [0.1, 0.15) is 6.04 Å². The Morgan fingerprint density at radius 1 is 1.28 bits per heavy atom. The van der Waals surface area contributed by atoms with Crippen molar-refractivity contribution in [1.82, 2.24) is 24.9 Å². The normalized spacial score (nSPS) is 12.0. The second-order valence-electron chi connectivity index (χ2n) is 5.55. The quantitative estimate of drug-likeness (QED) is 0.750. The summed E-state index contributed by atoms with van der Waals surface area (Å²) in [5.41, 5.74) is 0.592. The van der Waals surface area contributed by atoms with Crippen LogP contribution in [0.4, 0.5) is 5.69 Å². The third-order valence-corrected chi connectivity index (χ3v) is 3.87. The molecular weight excluding hydrogens is 344 g/mol. The van der Waals surface area contributed by atoms with Gasteiger partial charge in [-0.1, -0.05) is 25.4 Å². The SMILES string of the molecule is CCCNC(=O)c1nn(CC)cc1NC(=O)C(CC)n1cc(Cl)cn1. The van der Waals surface area contributed by atoms with E-state index in [1.54, 1.807) is 17.1 Å². The number of rotatable bonds is 8. The van der Waals surface area contributed by atoms with Gasteiger partial charge in [-0.2, -0.15) is 10.2 Å². The molecule has 0 spiro atoms. The van der Waals surface area contributed by atoms with Gasteiger partial charge in [0.15, 0.2) is 5.69 Å².